The SMILES string of the molecule is CC(C)(C)OC(=O)N[C@H](C#N)C[C@@H]1Oc2c(F)cccc2NC1=O. The quantitative estimate of drug-likeness (QED) is 0.883. The van der Waals surface area contributed by atoms with Gasteiger partial charge in [0.25, 0.3) is 5.91 Å². The molecule has 7 nitrogen and oxygen atoms in total. The van der Waals surface area contributed by atoms with Gasteiger partial charge >= 0.3 is 6.09 Å². The van der Waals surface area contributed by atoms with Gasteiger partial charge < -0.3 is 20.1 Å². The van der Waals surface area contributed by atoms with Gasteiger partial charge in [-0.25, -0.2) is 9.18 Å². The van der Waals surface area contributed by atoms with Crippen molar-refractivity contribution in [1.29, 1.82) is 5.26 Å². The van der Waals surface area contributed by atoms with E-state index in [0.29, 0.717) is 0 Å². The number of para-hydroxylation sites is 1. The van der Waals surface area contributed by atoms with E-state index in [1.165, 1.54) is 18.2 Å². The lowest BCUT2D eigenvalue weighted by Gasteiger charge is -2.27. The maximum Gasteiger partial charge on any atom is 0.408 e. The molecule has 24 heavy (non-hydrogen) atoms. The van der Waals surface area contributed by atoms with Crippen LogP contribution >= 0.6 is 0 Å². The monoisotopic (exact) mass is 335 g/mol. The maximum atomic E-state index is 13.8. The lowest BCUT2D eigenvalue weighted by Crippen LogP contribution is -2.45. The summed E-state index contributed by atoms with van der Waals surface area (Å²) in [6.45, 7) is 5.06. The van der Waals surface area contributed by atoms with Gasteiger partial charge in [0.05, 0.1) is 11.8 Å². The Bertz CT molecular complexity index is 694. The average Bonchev–Trinajstić information content (AvgIpc) is 2.46. The normalized spacial score (nSPS) is 17.6. The zero-order valence-corrected chi connectivity index (χ0v) is 13.6. The molecule has 0 saturated heterocycles. The molecule has 1 heterocycles. The van der Waals surface area contributed by atoms with Crippen LogP contribution in [0.1, 0.15) is 27.2 Å². The number of anilines is 1. The van der Waals surface area contributed by atoms with Crippen LogP contribution in [-0.2, 0) is 9.53 Å². The van der Waals surface area contributed by atoms with Crippen molar-refractivity contribution in [2.24, 2.45) is 0 Å². The Hall–Kier alpha value is -2.82. The summed E-state index contributed by atoms with van der Waals surface area (Å²) in [5.41, 5.74) is -0.491. The number of ether oxygens (including phenoxy) is 2. The highest BCUT2D eigenvalue weighted by atomic mass is 19.1. The van der Waals surface area contributed by atoms with Crippen molar-refractivity contribution in [3.63, 3.8) is 0 Å². The minimum absolute atomic E-state index is 0.0870. The van der Waals surface area contributed by atoms with E-state index >= 15 is 0 Å². The number of fused-ring (bicyclic) bond motifs is 1. The molecular formula is C16H18FN3O4. The molecule has 0 radical (unpaired) electrons. The van der Waals surface area contributed by atoms with Crippen molar-refractivity contribution in [3.8, 4) is 11.8 Å². The first-order chi connectivity index (χ1) is 11.2. The summed E-state index contributed by atoms with van der Waals surface area (Å²) < 4.78 is 24.2. The van der Waals surface area contributed by atoms with Crippen molar-refractivity contribution < 1.29 is 23.5 Å². The molecular weight excluding hydrogens is 317 g/mol. The lowest BCUT2D eigenvalue weighted by molar-refractivity contribution is -0.124. The number of carbonyl (C=O) groups excluding carboxylic acids is 2. The van der Waals surface area contributed by atoms with E-state index < -0.39 is 35.6 Å². The lowest BCUT2D eigenvalue weighted by atomic mass is 10.1. The summed E-state index contributed by atoms with van der Waals surface area (Å²) >= 11 is 0. The second kappa shape index (κ2) is 6.74. The van der Waals surface area contributed by atoms with Gasteiger partial charge in [0, 0.05) is 6.42 Å². The molecule has 2 N–H and O–H groups in total. The van der Waals surface area contributed by atoms with Crippen molar-refractivity contribution in [2.75, 3.05) is 5.32 Å². The molecule has 1 aliphatic heterocycles. The predicted octanol–water partition coefficient (Wildman–Crippen LogP) is 2.33. The number of benzene rings is 1. The third-order valence-electron chi connectivity index (χ3n) is 3.07. The molecule has 8 heteroatoms. The number of nitriles is 1. The summed E-state index contributed by atoms with van der Waals surface area (Å²) in [6.07, 6.45) is -2.03. The standard InChI is InChI=1S/C16H18FN3O4/c1-16(2,3)24-15(22)19-9(8-18)7-12-14(21)20-11-6-4-5-10(17)13(11)23-12/h4-6,9,12H,7H2,1-3H3,(H,19,22)(H,20,21)/t9-,12-/m0/s1. The van der Waals surface area contributed by atoms with E-state index in [0.717, 1.165) is 0 Å². The number of hydrogen-bond donors (Lipinski definition) is 2. The second-order valence-electron chi connectivity index (χ2n) is 6.28. The van der Waals surface area contributed by atoms with Crippen LogP contribution < -0.4 is 15.4 Å². The highest BCUT2D eigenvalue weighted by Crippen LogP contribution is 2.32. The fourth-order valence-electron chi connectivity index (χ4n) is 2.10. The Balaban J connectivity index is 2.04. The largest absolute Gasteiger partial charge is 0.475 e. The van der Waals surface area contributed by atoms with Crippen LogP contribution in [0, 0.1) is 17.1 Å². The van der Waals surface area contributed by atoms with Gasteiger partial charge in [-0.15, -0.1) is 0 Å². The van der Waals surface area contributed by atoms with E-state index in [2.05, 4.69) is 10.6 Å². The van der Waals surface area contributed by atoms with Crippen LogP contribution in [-0.4, -0.2) is 29.7 Å². The number of halogens is 1. The van der Waals surface area contributed by atoms with E-state index in [1.807, 2.05) is 6.07 Å². The first-order valence-corrected chi connectivity index (χ1v) is 7.35. The zero-order valence-electron chi connectivity index (χ0n) is 13.6. The van der Waals surface area contributed by atoms with Gasteiger partial charge in [0.15, 0.2) is 17.7 Å². The Morgan fingerprint density at radius 2 is 2.25 bits per heavy atom. The Labute approximate surface area is 138 Å². The molecule has 2 amide bonds. The molecule has 2 rings (SSSR count). The van der Waals surface area contributed by atoms with Crippen molar-refractivity contribution >= 4 is 17.7 Å². The van der Waals surface area contributed by atoms with Gasteiger partial charge in [-0.1, -0.05) is 6.07 Å². The highest BCUT2D eigenvalue weighted by molar-refractivity contribution is 5.97. The fraction of sp³-hybridized carbons (Fsp3) is 0.438. The van der Waals surface area contributed by atoms with E-state index in [1.54, 1.807) is 20.8 Å². The molecule has 1 aromatic rings. The summed E-state index contributed by atoms with van der Waals surface area (Å²) in [7, 11) is 0. The molecule has 1 aromatic carbocycles. The number of alkyl carbamates (subject to hydrolysis) is 1. The van der Waals surface area contributed by atoms with Gasteiger partial charge in [-0.05, 0) is 32.9 Å². The van der Waals surface area contributed by atoms with Gasteiger partial charge in [-0.3, -0.25) is 4.79 Å². The zero-order chi connectivity index (χ0) is 17.9. The predicted molar refractivity (Wildman–Crippen MR) is 82.8 cm³/mol. The highest BCUT2D eigenvalue weighted by Gasteiger charge is 2.32. The third kappa shape index (κ3) is 4.35. The van der Waals surface area contributed by atoms with Gasteiger partial charge in [0.2, 0.25) is 0 Å². The van der Waals surface area contributed by atoms with Crippen LogP contribution in [0.2, 0.25) is 0 Å². The Kier molecular flexibility index (Phi) is 4.93. The number of nitrogens with zero attached hydrogens (tertiary/aromatic N) is 1. The van der Waals surface area contributed by atoms with Gasteiger partial charge in [-0.2, -0.15) is 5.26 Å². The summed E-state index contributed by atoms with van der Waals surface area (Å²) in [5.74, 6) is -1.22. The van der Waals surface area contributed by atoms with Crippen molar-refractivity contribution in [2.45, 2.75) is 44.9 Å². The molecule has 1 aliphatic rings. The molecule has 0 aliphatic carbocycles. The number of nitrogens with one attached hydrogen (secondary N) is 2. The molecule has 0 unspecified atom stereocenters. The van der Waals surface area contributed by atoms with Crippen LogP contribution in [0.25, 0.3) is 0 Å². The molecule has 0 bridgehead atoms. The van der Waals surface area contributed by atoms with Crippen molar-refractivity contribution in [3.05, 3.63) is 24.0 Å². The van der Waals surface area contributed by atoms with E-state index in [9.17, 15) is 14.0 Å². The maximum absolute atomic E-state index is 13.8. The Morgan fingerprint density at radius 3 is 2.88 bits per heavy atom. The number of rotatable bonds is 3. The van der Waals surface area contributed by atoms with E-state index in [4.69, 9.17) is 14.7 Å². The molecule has 0 spiro atoms. The molecule has 0 fully saturated rings. The summed E-state index contributed by atoms with van der Waals surface area (Å²) in [5, 5.41) is 14.0. The topological polar surface area (TPSA) is 100 Å². The molecule has 2 atom stereocenters. The summed E-state index contributed by atoms with van der Waals surface area (Å²) in [6, 6.07) is 4.99. The number of carbonyl (C=O) groups is 2. The molecule has 128 valence electrons. The van der Waals surface area contributed by atoms with Crippen LogP contribution in [0.4, 0.5) is 14.9 Å². The Morgan fingerprint density at radius 1 is 1.54 bits per heavy atom. The van der Waals surface area contributed by atoms with Crippen LogP contribution in [0.3, 0.4) is 0 Å². The van der Waals surface area contributed by atoms with Gasteiger partial charge in [0.1, 0.15) is 11.6 Å². The summed E-state index contributed by atoms with van der Waals surface area (Å²) in [4.78, 5) is 23.7. The number of hydrogen-bond acceptors (Lipinski definition) is 5. The molecule has 0 aromatic heterocycles. The second-order valence-corrected chi connectivity index (χ2v) is 6.28. The smallest absolute Gasteiger partial charge is 0.408 e. The fourth-order valence-corrected chi connectivity index (χ4v) is 2.10. The first-order valence-electron chi connectivity index (χ1n) is 7.35. The van der Waals surface area contributed by atoms with Crippen LogP contribution in [0.5, 0.6) is 5.75 Å². The van der Waals surface area contributed by atoms with E-state index in [-0.39, 0.29) is 17.9 Å². The van der Waals surface area contributed by atoms with Crippen molar-refractivity contribution in [1.82, 2.24) is 5.32 Å². The minimum Gasteiger partial charge on any atom is -0.475 e. The van der Waals surface area contributed by atoms with Crippen LogP contribution in [0.15, 0.2) is 18.2 Å². The molecule has 0 saturated carbocycles. The first kappa shape index (κ1) is 17.5. The minimum atomic E-state index is -1.10. The third-order valence-corrected chi connectivity index (χ3v) is 3.07. The average molecular weight is 335 g/mol. The number of amides is 2.